The highest BCUT2D eigenvalue weighted by atomic mass is 16.5. The van der Waals surface area contributed by atoms with E-state index in [0.717, 1.165) is 60.6 Å². The van der Waals surface area contributed by atoms with Gasteiger partial charge in [-0.1, -0.05) is 18.2 Å². The van der Waals surface area contributed by atoms with Gasteiger partial charge in [-0.2, -0.15) is 5.10 Å². The van der Waals surface area contributed by atoms with E-state index >= 15 is 0 Å². The number of aromatic nitrogens is 2. The van der Waals surface area contributed by atoms with E-state index in [1.165, 1.54) is 0 Å². The maximum Gasteiger partial charge on any atom is 0.320 e. The summed E-state index contributed by atoms with van der Waals surface area (Å²) in [5, 5.41) is 13.8. The van der Waals surface area contributed by atoms with Crippen LogP contribution in [-0.2, 0) is 4.74 Å². The second-order valence-electron chi connectivity index (χ2n) is 6.90. The molecule has 2 aromatic carbocycles. The molecule has 0 radical (unpaired) electrons. The van der Waals surface area contributed by atoms with Crippen LogP contribution in [0.4, 0.5) is 10.6 Å². The Labute approximate surface area is 169 Å². The van der Waals surface area contributed by atoms with Crippen molar-refractivity contribution in [1.82, 2.24) is 20.4 Å². The Kier molecular flexibility index (Phi) is 5.92. The number of carbonyl (C=O) groups excluding carboxylic acids is 1. The molecule has 0 bridgehead atoms. The minimum atomic E-state index is -0.261. The van der Waals surface area contributed by atoms with Gasteiger partial charge in [0.15, 0.2) is 5.82 Å². The first-order chi connectivity index (χ1) is 14.2. The number of amides is 2. The Morgan fingerprint density at radius 1 is 1.21 bits per heavy atom. The fourth-order valence-corrected chi connectivity index (χ4v) is 3.40. The quantitative estimate of drug-likeness (QED) is 0.597. The van der Waals surface area contributed by atoms with Crippen LogP contribution in [0.15, 0.2) is 42.5 Å². The van der Waals surface area contributed by atoms with Gasteiger partial charge in [0.05, 0.1) is 25.8 Å². The molecule has 1 saturated heterocycles. The molecule has 3 aromatic rings. The number of methoxy groups -OCH3 is 1. The summed E-state index contributed by atoms with van der Waals surface area (Å²) >= 11 is 0. The fourth-order valence-electron chi connectivity index (χ4n) is 3.40. The molecule has 0 unspecified atom stereocenters. The van der Waals surface area contributed by atoms with Crippen LogP contribution in [0, 0.1) is 0 Å². The summed E-state index contributed by atoms with van der Waals surface area (Å²) < 4.78 is 10.6. The van der Waals surface area contributed by atoms with Gasteiger partial charge >= 0.3 is 6.03 Å². The van der Waals surface area contributed by atoms with Crippen molar-refractivity contribution in [3.63, 3.8) is 0 Å². The lowest BCUT2D eigenvalue weighted by atomic mass is 10.0. The number of hydrogen-bond acceptors (Lipinski definition) is 5. The second-order valence-corrected chi connectivity index (χ2v) is 6.90. The molecule has 29 heavy (non-hydrogen) atoms. The number of nitrogens with one attached hydrogen (secondary N) is 3. The molecule has 0 aliphatic carbocycles. The number of carbonyl (C=O) groups is 1. The average molecular weight is 395 g/mol. The van der Waals surface area contributed by atoms with Gasteiger partial charge in [-0.15, -0.1) is 0 Å². The zero-order valence-corrected chi connectivity index (χ0v) is 16.4. The van der Waals surface area contributed by atoms with E-state index in [-0.39, 0.29) is 6.03 Å². The van der Waals surface area contributed by atoms with Gasteiger partial charge in [0, 0.05) is 31.6 Å². The lowest BCUT2D eigenvalue weighted by Crippen LogP contribution is -2.42. The number of morpholine rings is 1. The van der Waals surface area contributed by atoms with Crippen LogP contribution in [0.5, 0.6) is 5.75 Å². The SMILES string of the molecule is COc1cccc(-c2ccc3c(NC(=O)NCCN4CCOCC4)n[nH]c3c2)c1. The molecule has 4 rings (SSSR count). The zero-order chi connectivity index (χ0) is 20.1. The number of urea groups is 1. The summed E-state index contributed by atoms with van der Waals surface area (Å²) in [4.78, 5) is 14.5. The lowest BCUT2D eigenvalue weighted by Gasteiger charge is -2.26. The largest absolute Gasteiger partial charge is 0.497 e. The molecule has 152 valence electrons. The van der Waals surface area contributed by atoms with Gasteiger partial charge in [-0.3, -0.25) is 15.3 Å². The number of anilines is 1. The van der Waals surface area contributed by atoms with E-state index in [2.05, 4.69) is 25.7 Å². The van der Waals surface area contributed by atoms with Crippen LogP contribution in [0.3, 0.4) is 0 Å². The fraction of sp³-hybridized carbons (Fsp3) is 0.333. The molecule has 2 amide bonds. The molecule has 1 aliphatic heterocycles. The van der Waals surface area contributed by atoms with E-state index < -0.39 is 0 Å². The van der Waals surface area contributed by atoms with E-state index in [1.54, 1.807) is 7.11 Å². The predicted octanol–water partition coefficient (Wildman–Crippen LogP) is 2.69. The van der Waals surface area contributed by atoms with E-state index in [1.807, 2.05) is 42.5 Å². The molecular formula is C21H25N5O3. The number of fused-ring (bicyclic) bond motifs is 1. The van der Waals surface area contributed by atoms with Crippen molar-refractivity contribution < 1.29 is 14.3 Å². The summed E-state index contributed by atoms with van der Waals surface area (Å²) in [5.74, 6) is 1.32. The molecule has 2 heterocycles. The van der Waals surface area contributed by atoms with Gasteiger partial charge in [0.2, 0.25) is 0 Å². The molecule has 0 saturated carbocycles. The lowest BCUT2D eigenvalue weighted by molar-refractivity contribution is 0.0388. The molecule has 1 fully saturated rings. The maximum atomic E-state index is 12.2. The van der Waals surface area contributed by atoms with Crippen molar-refractivity contribution in [2.75, 3.05) is 51.8 Å². The van der Waals surface area contributed by atoms with Crippen molar-refractivity contribution in [3.8, 4) is 16.9 Å². The smallest absolute Gasteiger partial charge is 0.320 e. The number of H-pyrrole nitrogens is 1. The monoisotopic (exact) mass is 395 g/mol. The maximum absolute atomic E-state index is 12.2. The van der Waals surface area contributed by atoms with Crippen molar-refractivity contribution in [2.24, 2.45) is 0 Å². The van der Waals surface area contributed by atoms with Crippen molar-refractivity contribution >= 4 is 22.8 Å². The highest BCUT2D eigenvalue weighted by molar-refractivity contribution is 6.00. The van der Waals surface area contributed by atoms with Crippen LogP contribution >= 0.6 is 0 Å². The number of nitrogens with zero attached hydrogens (tertiary/aromatic N) is 2. The first-order valence-corrected chi connectivity index (χ1v) is 9.70. The number of rotatable bonds is 6. The minimum absolute atomic E-state index is 0.261. The molecule has 0 atom stereocenters. The van der Waals surface area contributed by atoms with E-state index in [4.69, 9.17) is 9.47 Å². The summed E-state index contributed by atoms with van der Waals surface area (Å²) in [5.41, 5.74) is 2.95. The Morgan fingerprint density at radius 3 is 2.86 bits per heavy atom. The number of benzene rings is 2. The first-order valence-electron chi connectivity index (χ1n) is 9.70. The summed E-state index contributed by atoms with van der Waals surface area (Å²) in [6.07, 6.45) is 0. The summed E-state index contributed by atoms with van der Waals surface area (Å²) in [7, 11) is 1.65. The topological polar surface area (TPSA) is 91.5 Å². The molecule has 1 aliphatic rings. The standard InChI is InChI=1S/C21H25N5O3/c1-28-17-4-2-3-15(13-17)16-5-6-18-19(14-16)24-25-20(18)23-21(27)22-7-8-26-9-11-29-12-10-26/h2-6,13-14H,7-12H2,1H3,(H3,22,23,24,25,27). The van der Waals surface area contributed by atoms with Crippen molar-refractivity contribution in [1.29, 1.82) is 0 Å². The third kappa shape index (κ3) is 4.67. The van der Waals surface area contributed by atoms with Gasteiger partial charge in [0.1, 0.15) is 5.75 Å². The van der Waals surface area contributed by atoms with E-state index in [0.29, 0.717) is 12.4 Å². The Morgan fingerprint density at radius 2 is 2.03 bits per heavy atom. The van der Waals surface area contributed by atoms with Gasteiger partial charge in [-0.25, -0.2) is 4.79 Å². The highest BCUT2D eigenvalue weighted by Gasteiger charge is 2.12. The van der Waals surface area contributed by atoms with Crippen molar-refractivity contribution in [3.05, 3.63) is 42.5 Å². The Hall–Kier alpha value is -3.10. The normalized spacial score (nSPS) is 14.7. The van der Waals surface area contributed by atoms with Crippen LogP contribution in [0.2, 0.25) is 0 Å². The van der Waals surface area contributed by atoms with Gasteiger partial charge < -0.3 is 14.8 Å². The molecular weight excluding hydrogens is 370 g/mol. The summed E-state index contributed by atoms with van der Waals surface area (Å²) in [6.45, 7) is 4.70. The molecule has 8 nitrogen and oxygen atoms in total. The number of hydrogen-bond donors (Lipinski definition) is 3. The van der Waals surface area contributed by atoms with Crippen LogP contribution < -0.4 is 15.4 Å². The number of aromatic amines is 1. The van der Waals surface area contributed by atoms with Gasteiger partial charge in [-0.05, 0) is 35.4 Å². The van der Waals surface area contributed by atoms with Gasteiger partial charge in [0.25, 0.3) is 0 Å². The predicted molar refractivity (Wildman–Crippen MR) is 112 cm³/mol. The highest BCUT2D eigenvalue weighted by Crippen LogP contribution is 2.28. The molecule has 3 N–H and O–H groups in total. The molecule has 1 aromatic heterocycles. The van der Waals surface area contributed by atoms with E-state index in [9.17, 15) is 4.79 Å². The van der Waals surface area contributed by atoms with Crippen molar-refractivity contribution in [2.45, 2.75) is 0 Å². The molecule has 0 spiro atoms. The average Bonchev–Trinajstić information content (AvgIpc) is 3.16. The zero-order valence-electron chi connectivity index (χ0n) is 16.4. The third-order valence-corrected chi connectivity index (χ3v) is 5.02. The Bertz CT molecular complexity index is 981. The summed E-state index contributed by atoms with van der Waals surface area (Å²) in [6, 6.07) is 13.6. The third-order valence-electron chi connectivity index (χ3n) is 5.02. The van der Waals surface area contributed by atoms with Crippen LogP contribution in [0.1, 0.15) is 0 Å². The second kappa shape index (κ2) is 8.93. The number of ether oxygens (including phenoxy) is 2. The van der Waals surface area contributed by atoms with Crippen LogP contribution in [0.25, 0.3) is 22.0 Å². The minimum Gasteiger partial charge on any atom is -0.497 e. The van der Waals surface area contributed by atoms with Crippen LogP contribution in [-0.4, -0.2) is 67.6 Å². The Balaban J connectivity index is 1.38. The first kappa shape index (κ1) is 19.2. The molecule has 8 heteroatoms.